The van der Waals surface area contributed by atoms with Gasteiger partial charge in [0.15, 0.2) is 0 Å². The molecule has 0 amide bonds. The van der Waals surface area contributed by atoms with E-state index in [1.165, 1.54) is 53.6 Å². The zero-order valence-corrected chi connectivity index (χ0v) is 13.5. The number of allylic oxidation sites excluding steroid dienone is 1. The van der Waals surface area contributed by atoms with Gasteiger partial charge in [-0.25, -0.2) is 4.79 Å². The largest absolute Gasteiger partial charge is 0.543 e. The monoisotopic (exact) mass is 300 g/mol. The lowest BCUT2D eigenvalue weighted by Crippen LogP contribution is -2.58. The van der Waals surface area contributed by atoms with Gasteiger partial charge in [-0.3, -0.25) is 0 Å². The van der Waals surface area contributed by atoms with Crippen molar-refractivity contribution in [1.29, 1.82) is 0 Å². The van der Waals surface area contributed by atoms with E-state index < -0.39 is 18.0 Å². The molecule has 0 saturated carbocycles. The molecule has 1 aliphatic heterocycles. The van der Waals surface area contributed by atoms with Crippen molar-refractivity contribution in [3.8, 4) is 0 Å². The summed E-state index contributed by atoms with van der Waals surface area (Å²) >= 11 is 0. The highest BCUT2D eigenvalue weighted by Crippen LogP contribution is 2.16. The third-order valence-electron chi connectivity index (χ3n) is 3.64. The summed E-state index contributed by atoms with van der Waals surface area (Å²) < 4.78 is -0.183. The molecule has 122 valence electrons. The Balaban J connectivity index is 0.000000382. The van der Waals surface area contributed by atoms with Crippen molar-refractivity contribution in [3.05, 3.63) is 12.7 Å². The SMILES string of the molecule is C=CC1CCN(CC)CC1.C[N+](C)(C)C(C(=O)[O-])C(=O)O. The van der Waals surface area contributed by atoms with Crippen molar-refractivity contribution < 1.29 is 24.3 Å². The van der Waals surface area contributed by atoms with Crippen molar-refractivity contribution in [2.75, 3.05) is 40.8 Å². The summed E-state index contributed by atoms with van der Waals surface area (Å²) in [6, 6.07) is -1.50. The number of likely N-dealkylation sites (tertiary alicyclic amines) is 1. The Kier molecular flexibility index (Phi) is 8.21. The number of carboxylic acid groups (broad SMARTS) is 2. The molecule has 1 aliphatic rings. The maximum absolute atomic E-state index is 10.4. The molecule has 1 heterocycles. The summed E-state index contributed by atoms with van der Waals surface area (Å²) in [7, 11) is 4.44. The van der Waals surface area contributed by atoms with Gasteiger partial charge in [0, 0.05) is 0 Å². The fourth-order valence-electron chi connectivity index (χ4n) is 2.25. The van der Waals surface area contributed by atoms with E-state index in [0.29, 0.717) is 0 Å². The quantitative estimate of drug-likeness (QED) is 0.432. The van der Waals surface area contributed by atoms with Crippen LogP contribution in [-0.4, -0.2) is 73.2 Å². The smallest absolute Gasteiger partial charge is 0.368 e. The van der Waals surface area contributed by atoms with E-state index in [9.17, 15) is 14.7 Å². The Hall–Kier alpha value is -1.40. The predicted molar refractivity (Wildman–Crippen MR) is 79.5 cm³/mol. The van der Waals surface area contributed by atoms with Crippen LogP contribution in [0.15, 0.2) is 12.7 Å². The molecule has 0 bridgehead atoms. The minimum atomic E-state index is -1.56. The van der Waals surface area contributed by atoms with E-state index in [2.05, 4.69) is 24.5 Å². The van der Waals surface area contributed by atoms with E-state index in [0.717, 1.165) is 5.92 Å². The lowest BCUT2D eigenvalue weighted by atomic mass is 9.97. The molecule has 1 rings (SSSR count). The first-order valence-corrected chi connectivity index (χ1v) is 7.23. The molecule has 6 heteroatoms. The summed E-state index contributed by atoms with van der Waals surface area (Å²) in [5, 5.41) is 18.7. The van der Waals surface area contributed by atoms with Crippen LogP contribution in [0.25, 0.3) is 0 Å². The van der Waals surface area contributed by atoms with Gasteiger partial charge in [0.1, 0.15) is 5.97 Å². The van der Waals surface area contributed by atoms with Crippen LogP contribution in [0.2, 0.25) is 0 Å². The van der Waals surface area contributed by atoms with Crippen molar-refractivity contribution in [2.24, 2.45) is 5.92 Å². The fourth-order valence-corrected chi connectivity index (χ4v) is 2.25. The summed E-state index contributed by atoms with van der Waals surface area (Å²) in [6.07, 6.45) is 4.74. The zero-order valence-electron chi connectivity index (χ0n) is 13.5. The minimum Gasteiger partial charge on any atom is -0.543 e. The number of carboxylic acids is 2. The van der Waals surface area contributed by atoms with E-state index in [1.54, 1.807) is 0 Å². The molecule has 0 aromatic heterocycles. The van der Waals surface area contributed by atoms with Gasteiger partial charge in [-0.05, 0) is 38.4 Å². The van der Waals surface area contributed by atoms with E-state index in [1.807, 2.05) is 0 Å². The van der Waals surface area contributed by atoms with E-state index in [4.69, 9.17) is 5.11 Å². The third kappa shape index (κ3) is 7.24. The first-order chi connectivity index (χ1) is 9.63. The summed E-state index contributed by atoms with van der Waals surface area (Å²) in [5.74, 6) is -2.15. The van der Waals surface area contributed by atoms with Gasteiger partial charge in [-0.15, -0.1) is 6.58 Å². The van der Waals surface area contributed by atoms with Crippen LogP contribution in [0, 0.1) is 5.92 Å². The van der Waals surface area contributed by atoms with Gasteiger partial charge < -0.3 is 24.4 Å². The van der Waals surface area contributed by atoms with Gasteiger partial charge in [0.25, 0.3) is 0 Å². The highest BCUT2D eigenvalue weighted by Gasteiger charge is 2.32. The number of likely N-dealkylation sites (N-methyl/N-ethyl adjacent to an activating group) is 1. The molecular formula is C15H28N2O4. The second kappa shape index (κ2) is 8.79. The molecule has 0 aromatic carbocycles. The molecule has 0 aromatic rings. The third-order valence-corrected chi connectivity index (χ3v) is 3.64. The molecule has 1 saturated heterocycles. The van der Waals surface area contributed by atoms with Crippen molar-refractivity contribution in [1.82, 2.24) is 4.90 Å². The van der Waals surface area contributed by atoms with Crippen LogP contribution in [-0.2, 0) is 9.59 Å². The van der Waals surface area contributed by atoms with Crippen LogP contribution < -0.4 is 5.11 Å². The Morgan fingerprint density at radius 1 is 1.38 bits per heavy atom. The molecule has 0 spiro atoms. The van der Waals surface area contributed by atoms with Gasteiger partial charge in [-0.1, -0.05) is 13.0 Å². The minimum absolute atomic E-state index is 0.183. The lowest BCUT2D eigenvalue weighted by molar-refractivity contribution is -0.880. The number of aliphatic carboxylic acids is 2. The Labute approximate surface area is 127 Å². The lowest BCUT2D eigenvalue weighted by Gasteiger charge is -2.31. The highest BCUT2D eigenvalue weighted by atomic mass is 16.4. The summed E-state index contributed by atoms with van der Waals surface area (Å²) in [5.41, 5.74) is 0. The molecule has 1 atom stereocenters. The standard InChI is InChI=1S/C9H17N.C6H11NO4/c1-3-9-5-7-10(4-2)8-6-9;1-7(2,3)4(5(8)9)6(10)11/h3,9H,1,4-8H2,2H3;4H,1-3H3,(H-,8,9,10,11). The highest BCUT2D eigenvalue weighted by molar-refractivity contribution is 5.94. The number of hydrogen-bond donors (Lipinski definition) is 1. The van der Waals surface area contributed by atoms with Crippen LogP contribution in [0.4, 0.5) is 0 Å². The predicted octanol–water partition coefficient (Wildman–Crippen LogP) is -0.200. The summed E-state index contributed by atoms with van der Waals surface area (Å²) in [4.78, 5) is 23.1. The molecule has 1 fully saturated rings. The van der Waals surface area contributed by atoms with Crippen LogP contribution in [0.5, 0.6) is 0 Å². The van der Waals surface area contributed by atoms with Crippen molar-refractivity contribution >= 4 is 11.9 Å². The second-order valence-corrected chi connectivity index (χ2v) is 6.18. The number of carbonyl (C=O) groups is 2. The van der Waals surface area contributed by atoms with Gasteiger partial charge in [0.2, 0.25) is 6.04 Å². The molecule has 6 nitrogen and oxygen atoms in total. The molecule has 1 unspecified atom stereocenters. The first kappa shape index (κ1) is 19.6. The number of quaternary nitrogens is 1. The van der Waals surface area contributed by atoms with Crippen LogP contribution in [0.1, 0.15) is 19.8 Å². The van der Waals surface area contributed by atoms with Crippen molar-refractivity contribution in [3.63, 3.8) is 0 Å². The average Bonchev–Trinajstić information content (AvgIpc) is 2.36. The number of hydrogen-bond acceptors (Lipinski definition) is 4. The first-order valence-electron chi connectivity index (χ1n) is 7.23. The molecule has 1 N–H and O–H groups in total. The number of rotatable bonds is 5. The number of nitrogens with zero attached hydrogens (tertiary/aromatic N) is 2. The number of carbonyl (C=O) groups excluding carboxylic acids is 1. The molecular weight excluding hydrogens is 272 g/mol. The maximum atomic E-state index is 10.4. The Morgan fingerprint density at radius 2 is 1.86 bits per heavy atom. The fraction of sp³-hybridized carbons (Fsp3) is 0.733. The van der Waals surface area contributed by atoms with Crippen LogP contribution in [0.3, 0.4) is 0 Å². The second-order valence-electron chi connectivity index (χ2n) is 6.18. The Morgan fingerprint density at radius 3 is 2.05 bits per heavy atom. The number of piperidine rings is 1. The maximum Gasteiger partial charge on any atom is 0.368 e. The molecule has 21 heavy (non-hydrogen) atoms. The Bertz CT molecular complexity index is 341. The van der Waals surface area contributed by atoms with E-state index in [-0.39, 0.29) is 4.48 Å². The summed E-state index contributed by atoms with van der Waals surface area (Å²) in [6.45, 7) is 9.80. The van der Waals surface area contributed by atoms with Gasteiger partial charge >= 0.3 is 5.97 Å². The normalized spacial score (nSPS) is 18.3. The van der Waals surface area contributed by atoms with Crippen molar-refractivity contribution in [2.45, 2.75) is 25.8 Å². The van der Waals surface area contributed by atoms with E-state index >= 15 is 0 Å². The topological polar surface area (TPSA) is 80.7 Å². The average molecular weight is 300 g/mol. The van der Waals surface area contributed by atoms with Gasteiger partial charge in [0.05, 0.1) is 21.1 Å². The van der Waals surface area contributed by atoms with Crippen LogP contribution >= 0.6 is 0 Å². The zero-order chi connectivity index (χ0) is 16.6. The molecule has 0 aliphatic carbocycles. The molecule has 0 radical (unpaired) electrons. The van der Waals surface area contributed by atoms with Gasteiger partial charge in [-0.2, -0.15) is 0 Å².